The van der Waals surface area contributed by atoms with Crippen LogP contribution in [0.2, 0.25) is 0 Å². The van der Waals surface area contributed by atoms with Gasteiger partial charge in [-0.2, -0.15) is 0 Å². The lowest BCUT2D eigenvalue weighted by Gasteiger charge is -2.43. The highest BCUT2D eigenvalue weighted by atomic mass is 32.1. The summed E-state index contributed by atoms with van der Waals surface area (Å²) >= 11 is 1.89. The first-order valence-corrected chi connectivity index (χ1v) is 13.2. The minimum atomic E-state index is 0.182. The van der Waals surface area contributed by atoms with E-state index in [4.69, 9.17) is 9.73 Å². The van der Waals surface area contributed by atoms with E-state index in [0.717, 1.165) is 51.6 Å². The molecule has 3 saturated heterocycles. The molecule has 0 spiro atoms. The summed E-state index contributed by atoms with van der Waals surface area (Å²) in [5.41, 5.74) is 0.182. The van der Waals surface area contributed by atoms with Gasteiger partial charge >= 0.3 is 0 Å². The molecule has 2 unspecified atom stereocenters. The lowest BCUT2D eigenvalue weighted by Crippen LogP contribution is -2.54. The van der Waals surface area contributed by atoms with Crippen molar-refractivity contribution in [3.8, 4) is 0 Å². The first kappa shape index (κ1) is 23.0. The molecule has 174 valence electrons. The van der Waals surface area contributed by atoms with E-state index in [1.54, 1.807) is 0 Å². The van der Waals surface area contributed by atoms with Crippen molar-refractivity contribution < 1.29 is 4.74 Å². The van der Waals surface area contributed by atoms with Gasteiger partial charge in [0.2, 0.25) is 0 Å². The van der Waals surface area contributed by atoms with Crippen LogP contribution in [0.5, 0.6) is 0 Å². The zero-order valence-corrected chi connectivity index (χ0v) is 20.3. The Hall–Kier alpha value is -1.15. The predicted molar refractivity (Wildman–Crippen MR) is 130 cm³/mol. The molecule has 1 aromatic rings. The summed E-state index contributed by atoms with van der Waals surface area (Å²) in [5, 5.41) is 9.43. The van der Waals surface area contributed by atoms with Crippen molar-refractivity contribution in [2.24, 2.45) is 10.9 Å². The number of rotatable bonds is 7. The predicted octanol–water partition coefficient (Wildman–Crippen LogP) is 3.33. The molecule has 0 aromatic carbocycles. The van der Waals surface area contributed by atoms with E-state index in [1.807, 2.05) is 11.3 Å². The van der Waals surface area contributed by atoms with E-state index in [0.29, 0.717) is 12.0 Å². The van der Waals surface area contributed by atoms with Crippen LogP contribution >= 0.6 is 11.3 Å². The Balaban J connectivity index is 1.42. The molecule has 3 aliphatic heterocycles. The van der Waals surface area contributed by atoms with Crippen molar-refractivity contribution in [3.63, 3.8) is 0 Å². The van der Waals surface area contributed by atoms with Crippen LogP contribution in [-0.4, -0.2) is 80.8 Å². The highest BCUT2D eigenvalue weighted by Crippen LogP contribution is 2.37. The highest BCUT2D eigenvalue weighted by molar-refractivity contribution is 7.10. The Morgan fingerprint density at radius 3 is 2.71 bits per heavy atom. The molecule has 0 radical (unpaired) electrons. The zero-order chi connectivity index (χ0) is 21.5. The standard InChI is InChI=1S/C24H41N5OS/c1-3-25-23(27-19-24(10-15-30-16-11-24)29-13-4-5-14-29)26-18-20-8-6-12-28(2)22(20)21-9-7-17-31-21/h7,9,17,20,22H,3-6,8,10-16,18-19H2,1-2H3,(H2,25,26,27). The van der Waals surface area contributed by atoms with Gasteiger partial charge in [0, 0.05) is 42.8 Å². The van der Waals surface area contributed by atoms with Crippen LogP contribution in [0.15, 0.2) is 22.5 Å². The Labute approximate surface area is 192 Å². The number of hydrogen-bond acceptors (Lipinski definition) is 5. The van der Waals surface area contributed by atoms with Gasteiger partial charge in [0.05, 0.1) is 6.54 Å². The second kappa shape index (κ2) is 11.1. The van der Waals surface area contributed by atoms with E-state index >= 15 is 0 Å². The molecule has 4 rings (SSSR count). The molecule has 0 saturated carbocycles. The second-order valence-corrected chi connectivity index (χ2v) is 10.4. The van der Waals surface area contributed by atoms with Crippen LogP contribution in [-0.2, 0) is 4.74 Å². The number of aliphatic imine (C=N–C) groups is 1. The van der Waals surface area contributed by atoms with Gasteiger partial charge in [-0.15, -0.1) is 11.3 Å². The molecule has 2 atom stereocenters. The number of likely N-dealkylation sites (tertiary alicyclic amines) is 2. The number of nitrogens with one attached hydrogen (secondary N) is 2. The number of piperidine rings is 1. The topological polar surface area (TPSA) is 52.1 Å². The van der Waals surface area contributed by atoms with Crippen LogP contribution < -0.4 is 10.6 Å². The summed E-state index contributed by atoms with van der Waals surface area (Å²) in [6, 6.07) is 4.99. The van der Waals surface area contributed by atoms with E-state index in [1.165, 1.54) is 50.2 Å². The lowest BCUT2D eigenvalue weighted by atomic mass is 9.88. The van der Waals surface area contributed by atoms with Gasteiger partial charge in [0.1, 0.15) is 0 Å². The van der Waals surface area contributed by atoms with Gasteiger partial charge in [-0.05, 0) is 89.5 Å². The molecule has 7 heteroatoms. The maximum absolute atomic E-state index is 5.71. The maximum Gasteiger partial charge on any atom is 0.191 e. The van der Waals surface area contributed by atoms with Crippen molar-refractivity contribution in [1.29, 1.82) is 0 Å². The molecule has 0 aliphatic carbocycles. The fourth-order valence-electron chi connectivity index (χ4n) is 5.70. The average Bonchev–Trinajstić information content (AvgIpc) is 3.51. The van der Waals surface area contributed by atoms with Crippen LogP contribution in [0.25, 0.3) is 0 Å². The molecule has 3 aliphatic rings. The normalized spacial score (nSPS) is 28.0. The molecular formula is C24H41N5OS. The lowest BCUT2D eigenvalue weighted by molar-refractivity contribution is -0.0139. The maximum atomic E-state index is 5.71. The molecule has 4 heterocycles. The number of hydrogen-bond donors (Lipinski definition) is 2. The smallest absolute Gasteiger partial charge is 0.191 e. The molecule has 0 amide bonds. The van der Waals surface area contributed by atoms with Gasteiger partial charge < -0.3 is 15.4 Å². The van der Waals surface area contributed by atoms with Gasteiger partial charge in [0.15, 0.2) is 5.96 Å². The van der Waals surface area contributed by atoms with Crippen molar-refractivity contribution in [2.45, 2.75) is 57.0 Å². The molecule has 0 bridgehead atoms. The Morgan fingerprint density at radius 1 is 1.19 bits per heavy atom. The third-order valence-electron chi connectivity index (χ3n) is 7.45. The summed E-state index contributed by atoms with van der Waals surface area (Å²) in [6.45, 7) is 10.2. The van der Waals surface area contributed by atoms with Crippen molar-refractivity contribution >= 4 is 17.3 Å². The van der Waals surface area contributed by atoms with Crippen LogP contribution in [0, 0.1) is 5.92 Å². The summed E-state index contributed by atoms with van der Waals surface area (Å²) < 4.78 is 5.71. The summed E-state index contributed by atoms with van der Waals surface area (Å²) in [7, 11) is 2.28. The van der Waals surface area contributed by atoms with Gasteiger partial charge in [-0.25, -0.2) is 0 Å². The van der Waals surface area contributed by atoms with Gasteiger partial charge in [-0.3, -0.25) is 14.8 Å². The Kier molecular flexibility index (Phi) is 8.26. The number of guanidine groups is 1. The summed E-state index contributed by atoms with van der Waals surface area (Å²) in [4.78, 5) is 11.9. The third-order valence-corrected chi connectivity index (χ3v) is 8.39. The Bertz CT molecular complexity index is 682. The molecule has 6 nitrogen and oxygen atoms in total. The molecular weight excluding hydrogens is 406 g/mol. The Morgan fingerprint density at radius 2 is 2.00 bits per heavy atom. The van der Waals surface area contributed by atoms with E-state index in [2.05, 4.69) is 51.9 Å². The first-order valence-electron chi connectivity index (χ1n) is 12.3. The largest absolute Gasteiger partial charge is 0.381 e. The number of thiophene rings is 1. The molecule has 31 heavy (non-hydrogen) atoms. The third kappa shape index (κ3) is 5.62. The van der Waals surface area contributed by atoms with Gasteiger partial charge in [-0.1, -0.05) is 6.07 Å². The minimum absolute atomic E-state index is 0.182. The van der Waals surface area contributed by atoms with Crippen molar-refractivity contribution in [1.82, 2.24) is 20.4 Å². The SMILES string of the molecule is CCNC(=NCC1(N2CCCC2)CCOCC1)NCC1CCCN(C)C1c1cccs1. The minimum Gasteiger partial charge on any atom is -0.381 e. The monoisotopic (exact) mass is 447 g/mol. The van der Waals surface area contributed by atoms with Crippen LogP contribution in [0.1, 0.15) is 56.4 Å². The molecule has 3 fully saturated rings. The van der Waals surface area contributed by atoms with Crippen molar-refractivity contribution in [3.05, 3.63) is 22.4 Å². The number of ether oxygens (including phenoxy) is 1. The average molecular weight is 448 g/mol. The van der Waals surface area contributed by atoms with Gasteiger partial charge in [0.25, 0.3) is 0 Å². The number of nitrogens with zero attached hydrogens (tertiary/aromatic N) is 3. The highest BCUT2D eigenvalue weighted by Gasteiger charge is 2.39. The fourth-order valence-corrected chi connectivity index (χ4v) is 6.68. The molecule has 2 N–H and O–H groups in total. The van der Waals surface area contributed by atoms with Crippen LogP contribution in [0.4, 0.5) is 0 Å². The first-order chi connectivity index (χ1) is 15.2. The summed E-state index contributed by atoms with van der Waals surface area (Å²) in [6.07, 6.45) is 7.40. The van der Waals surface area contributed by atoms with Crippen LogP contribution in [0.3, 0.4) is 0 Å². The fraction of sp³-hybridized carbons (Fsp3) is 0.792. The van der Waals surface area contributed by atoms with E-state index < -0.39 is 0 Å². The molecule has 1 aromatic heterocycles. The second-order valence-electron chi connectivity index (χ2n) is 9.45. The zero-order valence-electron chi connectivity index (χ0n) is 19.4. The summed E-state index contributed by atoms with van der Waals surface area (Å²) in [5.74, 6) is 1.59. The van der Waals surface area contributed by atoms with E-state index in [-0.39, 0.29) is 5.54 Å². The van der Waals surface area contributed by atoms with E-state index in [9.17, 15) is 0 Å². The van der Waals surface area contributed by atoms with Crippen molar-refractivity contribution in [2.75, 3.05) is 59.5 Å². The quantitative estimate of drug-likeness (QED) is 0.496.